The van der Waals surface area contributed by atoms with Crippen molar-refractivity contribution in [3.8, 4) is 0 Å². The molecule has 0 aliphatic heterocycles. The van der Waals surface area contributed by atoms with E-state index in [2.05, 4.69) is 0 Å². The van der Waals surface area contributed by atoms with E-state index in [0.717, 1.165) is 0 Å². The molecule has 0 heterocycles. The lowest BCUT2D eigenvalue weighted by molar-refractivity contribution is -0.134. The van der Waals surface area contributed by atoms with Crippen molar-refractivity contribution in [3.05, 3.63) is 0 Å². The lowest BCUT2D eigenvalue weighted by atomic mass is 9.42. The third-order valence-corrected chi connectivity index (χ3v) is 6.44. The zero-order chi connectivity index (χ0) is 9.83. The molecule has 4 unspecified atom stereocenters. The minimum Gasteiger partial charge on any atom is -0.0528 e. The van der Waals surface area contributed by atoms with Crippen LogP contribution in [0.5, 0.6) is 0 Å². The van der Waals surface area contributed by atoms with Crippen LogP contribution < -0.4 is 0 Å². The van der Waals surface area contributed by atoms with E-state index in [1.165, 1.54) is 41.9 Å². The Morgan fingerprint density at radius 3 is 2.00 bits per heavy atom. The van der Waals surface area contributed by atoms with Gasteiger partial charge in [0.2, 0.25) is 0 Å². The van der Waals surface area contributed by atoms with E-state index in [9.17, 15) is 0 Å². The molecule has 4 aliphatic rings. The van der Waals surface area contributed by atoms with Crippen LogP contribution in [0.15, 0.2) is 0 Å². The molecule has 0 saturated heterocycles. The van der Waals surface area contributed by atoms with Crippen LogP contribution in [-0.4, -0.2) is 0 Å². The van der Waals surface area contributed by atoms with Gasteiger partial charge >= 0.3 is 0 Å². The summed E-state index contributed by atoms with van der Waals surface area (Å²) in [6.45, 7) is 0. The molecule has 0 heteroatoms. The van der Waals surface area contributed by atoms with Gasteiger partial charge in [-0.3, -0.25) is 0 Å². The molecule has 0 nitrogen and oxygen atoms in total. The fraction of sp³-hybridized carbons (Fsp3) is 1.00. The third kappa shape index (κ3) is 1.26. The van der Waals surface area contributed by atoms with Crippen LogP contribution in [0, 0.1) is 35.5 Å². The van der Waals surface area contributed by atoms with E-state index in [0.29, 0.717) is 0 Å². The van der Waals surface area contributed by atoms with Crippen molar-refractivity contribution >= 4 is 0 Å². The summed E-state index contributed by atoms with van der Waals surface area (Å²) in [5.41, 5.74) is 0. The molecule has 0 aromatic heterocycles. The molecule has 0 bridgehead atoms. The fourth-order valence-corrected chi connectivity index (χ4v) is 4.84. The van der Waals surface area contributed by atoms with Gasteiger partial charge in [0.05, 0.1) is 0 Å². The maximum absolute atomic E-state index is 1.65. The molecule has 4 saturated carbocycles. The largest absolute Gasteiger partial charge is 0.0528 e. The van der Waals surface area contributed by atoms with Crippen LogP contribution in [0.4, 0.5) is 0 Å². The molecule has 4 rings (SSSR count). The lowest BCUT2D eigenvalue weighted by Gasteiger charge is -2.63. The third-order valence-electron chi connectivity index (χ3n) is 6.44. The van der Waals surface area contributed by atoms with Crippen molar-refractivity contribution in [1.29, 1.82) is 0 Å². The molecule has 0 amide bonds. The van der Waals surface area contributed by atoms with Crippen molar-refractivity contribution in [2.75, 3.05) is 0 Å². The van der Waals surface area contributed by atoms with Crippen LogP contribution in [0.25, 0.3) is 0 Å². The highest BCUT2D eigenvalue weighted by atomic mass is 14.6. The normalized spacial score (nSPS) is 49.6. The van der Waals surface area contributed by atoms with Gasteiger partial charge in [-0.15, -0.1) is 0 Å². The summed E-state index contributed by atoms with van der Waals surface area (Å²) in [7, 11) is 0. The predicted octanol–water partition coefficient (Wildman–Crippen LogP) is 4.25. The van der Waals surface area contributed by atoms with Gasteiger partial charge in [0.1, 0.15) is 0 Å². The molecule has 0 spiro atoms. The van der Waals surface area contributed by atoms with Crippen LogP contribution in [0.2, 0.25) is 0 Å². The Morgan fingerprint density at radius 1 is 0.733 bits per heavy atom. The summed E-state index contributed by atoms with van der Waals surface area (Å²) in [6, 6.07) is 0. The fourth-order valence-electron chi connectivity index (χ4n) is 4.84. The minimum atomic E-state index is 1.17. The zero-order valence-electron chi connectivity index (χ0n) is 9.83. The van der Waals surface area contributed by atoms with E-state index in [1.807, 2.05) is 0 Å². The second kappa shape index (κ2) is 3.25. The molecule has 0 aromatic carbocycles. The summed E-state index contributed by atoms with van der Waals surface area (Å²) in [6.07, 6.45) is 14.3. The van der Waals surface area contributed by atoms with Gasteiger partial charge in [-0.1, -0.05) is 38.5 Å². The van der Waals surface area contributed by atoms with Crippen molar-refractivity contribution < 1.29 is 0 Å². The van der Waals surface area contributed by atoms with Crippen LogP contribution >= 0.6 is 0 Å². The highest BCUT2D eigenvalue weighted by Crippen LogP contribution is 2.64. The average molecular weight is 204 g/mol. The maximum Gasteiger partial charge on any atom is -0.0349 e. The molecule has 0 N–H and O–H groups in total. The number of fused-ring (bicyclic) bond motifs is 1. The minimum absolute atomic E-state index is 1.17. The first-order chi connectivity index (χ1) is 7.42. The number of hydrogen-bond acceptors (Lipinski definition) is 0. The summed E-state index contributed by atoms with van der Waals surface area (Å²) in [5, 5.41) is 0. The Hall–Kier alpha value is 0. The number of rotatable bonds is 3. The molecule has 0 aromatic rings. The maximum atomic E-state index is 1.65. The first kappa shape index (κ1) is 9.07. The predicted molar refractivity (Wildman–Crippen MR) is 62.5 cm³/mol. The molecule has 15 heavy (non-hydrogen) atoms. The summed E-state index contributed by atoms with van der Waals surface area (Å²) in [4.78, 5) is 0. The summed E-state index contributed by atoms with van der Waals surface area (Å²) >= 11 is 0. The second-order valence-corrected chi connectivity index (χ2v) is 6.95. The van der Waals surface area contributed by atoms with E-state index >= 15 is 0 Å². The van der Waals surface area contributed by atoms with E-state index in [1.54, 1.807) is 51.4 Å². The van der Waals surface area contributed by atoms with Crippen molar-refractivity contribution in [2.45, 2.75) is 57.8 Å². The van der Waals surface area contributed by atoms with Gasteiger partial charge in [0, 0.05) is 0 Å². The Kier molecular flexibility index (Phi) is 1.96. The van der Waals surface area contributed by atoms with Crippen molar-refractivity contribution in [3.63, 3.8) is 0 Å². The van der Waals surface area contributed by atoms with Crippen molar-refractivity contribution in [1.82, 2.24) is 0 Å². The quantitative estimate of drug-likeness (QED) is 0.644. The molecule has 4 atom stereocenters. The molecular weight excluding hydrogens is 180 g/mol. The molecule has 84 valence electrons. The monoisotopic (exact) mass is 204 g/mol. The highest BCUT2D eigenvalue weighted by molar-refractivity contribution is 5.05. The van der Waals surface area contributed by atoms with E-state index < -0.39 is 0 Å². The summed E-state index contributed by atoms with van der Waals surface area (Å²) in [5.74, 6) is 7.20. The molecule has 4 fully saturated rings. The first-order valence-corrected chi connectivity index (χ1v) is 7.42. The van der Waals surface area contributed by atoms with Crippen LogP contribution in [0.1, 0.15) is 57.8 Å². The van der Waals surface area contributed by atoms with Gasteiger partial charge in [-0.25, -0.2) is 0 Å². The topological polar surface area (TPSA) is 0 Å². The Bertz CT molecular complexity index is 245. The van der Waals surface area contributed by atoms with Gasteiger partial charge in [-0.05, 0) is 54.8 Å². The Balaban J connectivity index is 1.27. The standard InChI is InChI=1S/C15H24/c1-3-10(4-1)7-12-8-15-13(9-14(12)15)11-5-2-6-11/h10-15H,1-9H2. The lowest BCUT2D eigenvalue weighted by Crippen LogP contribution is -2.55. The Morgan fingerprint density at radius 2 is 1.53 bits per heavy atom. The smallest absolute Gasteiger partial charge is 0.0349 e. The average Bonchev–Trinajstić information content (AvgIpc) is 2.05. The van der Waals surface area contributed by atoms with Crippen LogP contribution in [-0.2, 0) is 0 Å². The Labute approximate surface area is 93.8 Å². The van der Waals surface area contributed by atoms with Gasteiger partial charge < -0.3 is 0 Å². The molecular formula is C15H24. The molecule has 4 aliphatic carbocycles. The van der Waals surface area contributed by atoms with E-state index in [4.69, 9.17) is 0 Å². The first-order valence-electron chi connectivity index (χ1n) is 7.42. The van der Waals surface area contributed by atoms with Crippen LogP contribution in [0.3, 0.4) is 0 Å². The van der Waals surface area contributed by atoms with Gasteiger partial charge in [0.15, 0.2) is 0 Å². The van der Waals surface area contributed by atoms with E-state index in [-0.39, 0.29) is 0 Å². The van der Waals surface area contributed by atoms with Gasteiger partial charge in [0.25, 0.3) is 0 Å². The van der Waals surface area contributed by atoms with Crippen molar-refractivity contribution in [2.24, 2.45) is 35.5 Å². The highest BCUT2D eigenvalue weighted by Gasteiger charge is 2.56. The van der Waals surface area contributed by atoms with Gasteiger partial charge in [-0.2, -0.15) is 0 Å². The second-order valence-electron chi connectivity index (χ2n) is 6.95. The SMILES string of the molecule is C1CC(CC2CC3C(C4CCC4)CC23)C1. The molecule has 0 radical (unpaired) electrons. The summed E-state index contributed by atoms with van der Waals surface area (Å²) < 4.78 is 0. The zero-order valence-corrected chi connectivity index (χ0v) is 9.83. The number of hydrogen-bond donors (Lipinski definition) is 0.